The van der Waals surface area contributed by atoms with Crippen molar-refractivity contribution in [3.63, 3.8) is 0 Å². The smallest absolute Gasteiger partial charge is 0.246 e. The van der Waals surface area contributed by atoms with E-state index in [1.165, 1.54) is 17.5 Å². The lowest BCUT2D eigenvalue weighted by Crippen LogP contribution is -2.56. The Morgan fingerprint density at radius 1 is 0.896 bits per heavy atom. The van der Waals surface area contributed by atoms with Gasteiger partial charge in [0.2, 0.25) is 17.7 Å². The minimum absolute atomic E-state index is 0.112. The summed E-state index contributed by atoms with van der Waals surface area (Å²) >= 11 is 0. The Labute approximate surface area is 285 Å². The molecule has 7 rings (SSSR count). The molecule has 2 aromatic carbocycles. The van der Waals surface area contributed by atoms with E-state index in [0.717, 1.165) is 71.4 Å². The Balaban J connectivity index is 1.03. The molecule has 1 spiro atoms. The molecule has 1 aliphatic carbocycles. The molecule has 1 saturated carbocycles. The van der Waals surface area contributed by atoms with Crippen molar-refractivity contribution in [3.8, 4) is 0 Å². The molecule has 4 fully saturated rings. The second-order valence-electron chi connectivity index (χ2n) is 14.8. The van der Waals surface area contributed by atoms with Crippen LogP contribution in [0.25, 0.3) is 0 Å². The van der Waals surface area contributed by atoms with Crippen molar-refractivity contribution >= 4 is 23.4 Å². The molecule has 2 N–H and O–H groups in total. The summed E-state index contributed by atoms with van der Waals surface area (Å²) < 4.78 is 6.58. The summed E-state index contributed by atoms with van der Waals surface area (Å²) in [6, 6.07) is 17.8. The van der Waals surface area contributed by atoms with Crippen molar-refractivity contribution in [2.45, 2.75) is 88.6 Å². The fourth-order valence-electron chi connectivity index (χ4n) is 8.69. The predicted molar refractivity (Wildman–Crippen MR) is 186 cm³/mol. The Morgan fingerprint density at radius 2 is 1.60 bits per heavy atom. The maximum absolute atomic E-state index is 14.4. The van der Waals surface area contributed by atoms with Gasteiger partial charge in [-0.15, -0.1) is 0 Å². The quantitative estimate of drug-likeness (QED) is 0.346. The average molecular weight is 654 g/mol. The van der Waals surface area contributed by atoms with Gasteiger partial charge in [-0.1, -0.05) is 87.7 Å². The highest BCUT2D eigenvalue weighted by Crippen LogP contribution is 2.55. The van der Waals surface area contributed by atoms with Crippen LogP contribution in [0, 0.1) is 11.8 Å². The summed E-state index contributed by atoms with van der Waals surface area (Å²) in [5.41, 5.74) is 2.10. The SMILES string of the molecule is CC(C)c1ccc(NC(=O)[C@H]2[C@H]3C=C[C@]4(O3)[C@H](C(=O)NC3CCCCC3)N(CCCN3CCN(Cc5ccccc5)CC3)C(=O)[C@@H]24)cc1. The van der Waals surface area contributed by atoms with Gasteiger partial charge in [0.15, 0.2) is 0 Å². The fraction of sp³-hybridized carbons (Fsp3) is 0.564. The van der Waals surface area contributed by atoms with Crippen molar-refractivity contribution in [3.05, 3.63) is 77.9 Å². The van der Waals surface area contributed by atoms with Crippen molar-refractivity contribution < 1.29 is 19.1 Å². The van der Waals surface area contributed by atoms with E-state index in [1.807, 2.05) is 36.4 Å². The van der Waals surface area contributed by atoms with Gasteiger partial charge in [0.05, 0.1) is 17.9 Å². The summed E-state index contributed by atoms with van der Waals surface area (Å²) in [7, 11) is 0. The molecule has 9 heteroatoms. The third-order valence-corrected chi connectivity index (χ3v) is 11.3. The average Bonchev–Trinajstić information content (AvgIpc) is 3.74. The summed E-state index contributed by atoms with van der Waals surface area (Å²) in [4.78, 5) is 49.1. The normalized spacial score (nSPS) is 29.1. The summed E-state index contributed by atoms with van der Waals surface area (Å²) in [6.45, 7) is 10.5. The molecule has 48 heavy (non-hydrogen) atoms. The van der Waals surface area contributed by atoms with E-state index in [-0.39, 0.29) is 23.8 Å². The van der Waals surface area contributed by atoms with Gasteiger partial charge in [-0.3, -0.25) is 19.3 Å². The lowest BCUT2D eigenvalue weighted by molar-refractivity contribution is -0.141. The Bertz CT molecular complexity index is 1480. The molecule has 5 atom stereocenters. The lowest BCUT2D eigenvalue weighted by atomic mass is 9.74. The predicted octanol–water partition coefficient (Wildman–Crippen LogP) is 4.56. The molecule has 0 aromatic heterocycles. The zero-order chi connectivity index (χ0) is 33.3. The number of hydrogen-bond acceptors (Lipinski definition) is 6. The van der Waals surface area contributed by atoms with Crippen LogP contribution in [-0.4, -0.2) is 95.5 Å². The number of fused-ring (bicyclic) bond motifs is 1. The molecule has 0 radical (unpaired) electrons. The van der Waals surface area contributed by atoms with E-state index in [1.54, 1.807) is 4.90 Å². The molecule has 3 saturated heterocycles. The zero-order valence-electron chi connectivity index (χ0n) is 28.5. The van der Waals surface area contributed by atoms with Crippen LogP contribution in [0.2, 0.25) is 0 Å². The number of amides is 3. The van der Waals surface area contributed by atoms with Crippen molar-refractivity contribution in [2.24, 2.45) is 11.8 Å². The minimum atomic E-state index is -1.13. The zero-order valence-corrected chi connectivity index (χ0v) is 28.5. The van der Waals surface area contributed by atoms with Gasteiger partial charge in [-0.25, -0.2) is 0 Å². The van der Waals surface area contributed by atoms with Crippen LogP contribution in [0.15, 0.2) is 66.7 Å². The fourth-order valence-corrected chi connectivity index (χ4v) is 8.69. The monoisotopic (exact) mass is 653 g/mol. The van der Waals surface area contributed by atoms with Crippen molar-refractivity contribution in [2.75, 3.05) is 44.6 Å². The van der Waals surface area contributed by atoms with Crippen LogP contribution in [0.4, 0.5) is 5.69 Å². The highest BCUT2D eigenvalue weighted by molar-refractivity contribution is 6.02. The van der Waals surface area contributed by atoms with Gasteiger partial charge < -0.3 is 25.2 Å². The molecule has 2 bridgehead atoms. The summed E-state index contributed by atoms with van der Waals surface area (Å²) in [6.07, 6.45) is 9.34. The third kappa shape index (κ3) is 6.57. The number of ether oxygens (including phenoxy) is 1. The molecular formula is C39H51N5O4. The van der Waals surface area contributed by atoms with Gasteiger partial charge in [-0.2, -0.15) is 0 Å². The first kappa shape index (κ1) is 33.0. The van der Waals surface area contributed by atoms with E-state index >= 15 is 0 Å². The molecule has 4 heterocycles. The number of nitrogens with one attached hydrogen (secondary N) is 2. The van der Waals surface area contributed by atoms with Crippen LogP contribution in [0.3, 0.4) is 0 Å². The van der Waals surface area contributed by atoms with Crippen molar-refractivity contribution in [1.29, 1.82) is 0 Å². The lowest BCUT2D eigenvalue weighted by Gasteiger charge is -2.36. The van der Waals surface area contributed by atoms with Crippen molar-refractivity contribution in [1.82, 2.24) is 20.0 Å². The number of anilines is 1. The topological polar surface area (TPSA) is 94.2 Å². The number of rotatable bonds is 11. The molecule has 5 aliphatic rings. The first-order chi connectivity index (χ1) is 23.3. The van der Waals surface area contributed by atoms with E-state index in [2.05, 4.69) is 64.6 Å². The molecular weight excluding hydrogens is 602 g/mol. The van der Waals surface area contributed by atoms with E-state index in [9.17, 15) is 14.4 Å². The molecule has 4 aliphatic heterocycles. The Kier molecular flexibility index (Phi) is 9.72. The summed E-state index contributed by atoms with van der Waals surface area (Å²) in [5.74, 6) is -1.56. The van der Waals surface area contributed by atoms with Crippen LogP contribution in [0.5, 0.6) is 0 Å². The van der Waals surface area contributed by atoms with Gasteiger partial charge in [0, 0.05) is 51.0 Å². The number of nitrogens with zero attached hydrogens (tertiary/aromatic N) is 3. The largest absolute Gasteiger partial charge is 0.359 e. The minimum Gasteiger partial charge on any atom is -0.359 e. The number of carbonyl (C=O) groups excluding carboxylic acids is 3. The summed E-state index contributed by atoms with van der Waals surface area (Å²) in [5, 5.41) is 6.36. The van der Waals surface area contributed by atoms with Gasteiger partial charge in [-0.05, 0) is 55.0 Å². The van der Waals surface area contributed by atoms with Gasteiger partial charge in [0.25, 0.3) is 0 Å². The Morgan fingerprint density at radius 3 is 2.31 bits per heavy atom. The van der Waals surface area contributed by atoms with Crippen LogP contribution in [-0.2, 0) is 25.7 Å². The van der Waals surface area contributed by atoms with E-state index in [4.69, 9.17) is 4.74 Å². The van der Waals surface area contributed by atoms with Gasteiger partial charge in [0.1, 0.15) is 11.6 Å². The number of hydrogen-bond donors (Lipinski definition) is 2. The highest BCUT2D eigenvalue weighted by atomic mass is 16.5. The molecule has 0 unspecified atom stereocenters. The second-order valence-corrected chi connectivity index (χ2v) is 14.8. The highest BCUT2D eigenvalue weighted by Gasteiger charge is 2.72. The first-order valence-electron chi connectivity index (χ1n) is 18.2. The maximum atomic E-state index is 14.4. The molecule has 9 nitrogen and oxygen atoms in total. The molecule has 2 aromatic rings. The molecule has 3 amide bonds. The van der Waals surface area contributed by atoms with E-state index in [0.29, 0.717) is 18.2 Å². The second kappa shape index (κ2) is 14.1. The van der Waals surface area contributed by atoms with Crippen LogP contribution >= 0.6 is 0 Å². The maximum Gasteiger partial charge on any atom is 0.246 e. The van der Waals surface area contributed by atoms with E-state index < -0.39 is 29.6 Å². The third-order valence-electron chi connectivity index (χ3n) is 11.3. The Hall–Kier alpha value is -3.53. The van der Waals surface area contributed by atoms with Crippen LogP contribution < -0.4 is 10.6 Å². The number of benzene rings is 2. The first-order valence-corrected chi connectivity index (χ1v) is 18.2. The van der Waals surface area contributed by atoms with Gasteiger partial charge >= 0.3 is 0 Å². The number of carbonyl (C=O) groups is 3. The standard InChI is InChI=1S/C39H51N5O4/c1-27(2)29-14-16-31(17-15-29)40-36(45)33-32-18-19-39(48-32)34(33)38(47)44(35(39)37(46)41-30-12-7-4-8-13-30)21-9-20-42-22-24-43(25-23-42)26-28-10-5-3-6-11-28/h3,5-6,10-11,14-19,27,30,32-35H,4,7-9,12-13,20-26H2,1-2H3,(H,40,45)(H,41,46)/t32-,33+,34-,35+,39-/m1/s1. The number of piperazine rings is 1. The molecule has 256 valence electrons. The number of likely N-dealkylation sites (tertiary alicyclic amines) is 1. The van der Waals surface area contributed by atoms with Crippen LogP contribution in [0.1, 0.15) is 69.4 Å².